The van der Waals surface area contributed by atoms with Gasteiger partial charge in [-0.2, -0.15) is 13.2 Å². The summed E-state index contributed by atoms with van der Waals surface area (Å²) < 4.78 is 52.0. The summed E-state index contributed by atoms with van der Waals surface area (Å²) in [6, 6.07) is 9.29. The summed E-state index contributed by atoms with van der Waals surface area (Å²) in [6.45, 7) is 1.90. The van der Waals surface area contributed by atoms with E-state index in [0.717, 1.165) is 11.1 Å². The minimum absolute atomic E-state index is 0.00469. The van der Waals surface area contributed by atoms with Crippen molar-refractivity contribution in [3.05, 3.63) is 70.5 Å². The second-order valence-corrected chi connectivity index (χ2v) is 6.36. The van der Waals surface area contributed by atoms with Gasteiger partial charge in [0.25, 0.3) is 5.91 Å². The third kappa shape index (κ3) is 3.75. The van der Waals surface area contributed by atoms with Crippen LogP contribution in [0, 0.1) is 12.7 Å². The van der Waals surface area contributed by atoms with Crippen molar-refractivity contribution in [1.29, 1.82) is 0 Å². The Kier molecular flexibility index (Phi) is 4.78. The number of nitrogens with one attached hydrogen (secondary N) is 1. The Bertz CT molecular complexity index is 966. The molecule has 1 N–H and O–H groups in total. The van der Waals surface area contributed by atoms with Gasteiger partial charge in [0.2, 0.25) is 0 Å². The van der Waals surface area contributed by atoms with E-state index in [9.17, 15) is 22.4 Å². The number of hydrogen-bond donors (Lipinski definition) is 1. The number of carbonyl (C=O) groups excluding carboxylic acids is 1. The van der Waals surface area contributed by atoms with Crippen LogP contribution in [0.15, 0.2) is 47.8 Å². The number of nitrogens with zero attached hydrogens (tertiary/aromatic N) is 1. The zero-order valence-corrected chi connectivity index (χ0v) is 14.2. The maximum Gasteiger partial charge on any atom is 0.416 e. The van der Waals surface area contributed by atoms with Crippen molar-refractivity contribution in [3.8, 4) is 10.6 Å². The largest absolute Gasteiger partial charge is 0.416 e. The molecule has 0 saturated heterocycles. The Morgan fingerprint density at radius 2 is 1.88 bits per heavy atom. The van der Waals surface area contributed by atoms with Crippen LogP contribution < -0.4 is 5.32 Å². The molecule has 0 unspecified atom stereocenters. The number of aryl methyl sites for hydroxylation is 1. The lowest BCUT2D eigenvalue weighted by atomic mass is 10.1. The maximum atomic E-state index is 13.8. The van der Waals surface area contributed by atoms with E-state index in [2.05, 4.69) is 10.3 Å². The zero-order chi connectivity index (χ0) is 18.9. The first-order valence-electron chi connectivity index (χ1n) is 7.45. The van der Waals surface area contributed by atoms with E-state index in [4.69, 9.17) is 0 Å². The summed E-state index contributed by atoms with van der Waals surface area (Å²) in [5.41, 5.74) is 0.230. The standard InChI is InChI=1S/C18H12F4N2OS/c1-10-4-2-3-5-12(10)17-24-15(9-26-17)16(25)23-14-8-11(18(20,21)22)6-7-13(14)19/h2-9H,1H3,(H,23,25). The number of benzene rings is 2. The molecular formula is C18H12F4N2OS. The van der Waals surface area contributed by atoms with Gasteiger partial charge in [0, 0.05) is 10.9 Å². The highest BCUT2D eigenvalue weighted by Gasteiger charge is 2.31. The van der Waals surface area contributed by atoms with Crippen LogP contribution in [0.25, 0.3) is 10.6 Å². The zero-order valence-electron chi connectivity index (χ0n) is 13.4. The molecule has 0 aliphatic carbocycles. The monoisotopic (exact) mass is 380 g/mol. The summed E-state index contributed by atoms with van der Waals surface area (Å²) in [4.78, 5) is 16.4. The number of halogens is 4. The molecule has 0 bridgehead atoms. The molecule has 0 saturated carbocycles. The molecule has 8 heteroatoms. The second-order valence-electron chi connectivity index (χ2n) is 5.50. The predicted octanol–water partition coefficient (Wildman–Crippen LogP) is 5.53. The molecule has 1 heterocycles. The molecule has 3 aromatic rings. The average Bonchev–Trinajstić information content (AvgIpc) is 3.06. The molecule has 2 aromatic carbocycles. The second kappa shape index (κ2) is 6.87. The van der Waals surface area contributed by atoms with E-state index in [1.54, 1.807) is 0 Å². The van der Waals surface area contributed by atoms with Crippen LogP contribution in [0.5, 0.6) is 0 Å². The molecule has 26 heavy (non-hydrogen) atoms. The molecule has 0 radical (unpaired) electrons. The van der Waals surface area contributed by atoms with Crippen molar-refractivity contribution in [1.82, 2.24) is 4.98 Å². The molecule has 0 fully saturated rings. The number of thiazole rings is 1. The number of rotatable bonds is 3. The fraction of sp³-hybridized carbons (Fsp3) is 0.111. The first-order chi connectivity index (χ1) is 12.3. The van der Waals surface area contributed by atoms with Gasteiger partial charge in [0.05, 0.1) is 11.3 Å². The minimum Gasteiger partial charge on any atom is -0.318 e. The van der Waals surface area contributed by atoms with E-state index >= 15 is 0 Å². The highest BCUT2D eigenvalue weighted by atomic mass is 32.1. The smallest absolute Gasteiger partial charge is 0.318 e. The van der Waals surface area contributed by atoms with Crippen LogP contribution in [0.4, 0.5) is 23.2 Å². The van der Waals surface area contributed by atoms with Crippen LogP contribution in [0.1, 0.15) is 21.6 Å². The highest BCUT2D eigenvalue weighted by molar-refractivity contribution is 7.13. The number of anilines is 1. The van der Waals surface area contributed by atoms with Gasteiger partial charge in [0.15, 0.2) is 0 Å². The predicted molar refractivity (Wildman–Crippen MR) is 91.6 cm³/mol. The topological polar surface area (TPSA) is 42.0 Å². The van der Waals surface area contributed by atoms with Crippen LogP contribution in [-0.2, 0) is 6.18 Å². The van der Waals surface area contributed by atoms with Crippen molar-refractivity contribution in [3.63, 3.8) is 0 Å². The Hall–Kier alpha value is -2.74. The molecule has 0 aliphatic rings. The van der Waals surface area contributed by atoms with E-state index in [1.807, 2.05) is 31.2 Å². The van der Waals surface area contributed by atoms with E-state index in [0.29, 0.717) is 23.2 Å². The van der Waals surface area contributed by atoms with E-state index in [-0.39, 0.29) is 5.69 Å². The lowest BCUT2D eigenvalue weighted by Gasteiger charge is -2.10. The molecule has 3 nitrogen and oxygen atoms in total. The number of hydrogen-bond acceptors (Lipinski definition) is 3. The lowest BCUT2D eigenvalue weighted by Crippen LogP contribution is -2.15. The lowest BCUT2D eigenvalue weighted by molar-refractivity contribution is -0.137. The third-order valence-corrected chi connectivity index (χ3v) is 4.53. The maximum absolute atomic E-state index is 13.8. The first-order valence-corrected chi connectivity index (χ1v) is 8.33. The van der Waals surface area contributed by atoms with Crippen LogP contribution in [0.2, 0.25) is 0 Å². The summed E-state index contributed by atoms with van der Waals surface area (Å²) in [7, 11) is 0. The first kappa shape index (κ1) is 18.1. The molecule has 0 spiro atoms. The summed E-state index contributed by atoms with van der Waals surface area (Å²) in [5.74, 6) is -1.74. The SMILES string of the molecule is Cc1ccccc1-c1nc(C(=O)Nc2cc(C(F)(F)F)ccc2F)cs1. The Morgan fingerprint density at radius 1 is 1.15 bits per heavy atom. The quantitative estimate of drug-likeness (QED) is 0.607. The summed E-state index contributed by atoms with van der Waals surface area (Å²) in [6.07, 6.45) is -4.63. The Morgan fingerprint density at radius 3 is 2.58 bits per heavy atom. The van der Waals surface area contributed by atoms with Crippen molar-refractivity contribution in [2.45, 2.75) is 13.1 Å². The molecule has 1 amide bonds. The van der Waals surface area contributed by atoms with Crippen LogP contribution >= 0.6 is 11.3 Å². The Balaban J connectivity index is 1.85. The summed E-state index contributed by atoms with van der Waals surface area (Å²) >= 11 is 1.22. The fourth-order valence-electron chi connectivity index (χ4n) is 2.30. The fourth-order valence-corrected chi connectivity index (χ4v) is 3.19. The molecule has 134 valence electrons. The molecule has 0 atom stereocenters. The van der Waals surface area contributed by atoms with Crippen LogP contribution in [-0.4, -0.2) is 10.9 Å². The Labute approximate surface area is 150 Å². The number of aromatic nitrogens is 1. The van der Waals surface area contributed by atoms with Gasteiger partial charge in [-0.05, 0) is 30.7 Å². The van der Waals surface area contributed by atoms with Crippen molar-refractivity contribution >= 4 is 22.9 Å². The van der Waals surface area contributed by atoms with Crippen LogP contribution in [0.3, 0.4) is 0 Å². The van der Waals surface area contributed by atoms with Gasteiger partial charge in [-0.15, -0.1) is 11.3 Å². The van der Waals surface area contributed by atoms with E-state index < -0.39 is 29.2 Å². The average molecular weight is 380 g/mol. The van der Waals surface area contributed by atoms with Crippen molar-refractivity contribution < 1.29 is 22.4 Å². The van der Waals surface area contributed by atoms with Gasteiger partial charge >= 0.3 is 6.18 Å². The van der Waals surface area contributed by atoms with Gasteiger partial charge in [0.1, 0.15) is 16.5 Å². The number of carbonyl (C=O) groups is 1. The van der Waals surface area contributed by atoms with Crippen molar-refractivity contribution in [2.24, 2.45) is 0 Å². The number of alkyl halides is 3. The van der Waals surface area contributed by atoms with Gasteiger partial charge in [-0.1, -0.05) is 24.3 Å². The minimum atomic E-state index is -4.63. The third-order valence-electron chi connectivity index (χ3n) is 3.65. The number of amides is 1. The van der Waals surface area contributed by atoms with E-state index in [1.165, 1.54) is 16.7 Å². The molecule has 0 aliphatic heterocycles. The highest BCUT2D eigenvalue weighted by Crippen LogP contribution is 2.32. The van der Waals surface area contributed by atoms with Gasteiger partial charge < -0.3 is 5.32 Å². The molecule has 3 rings (SSSR count). The summed E-state index contributed by atoms with van der Waals surface area (Å²) in [5, 5.41) is 4.22. The van der Waals surface area contributed by atoms with Crippen molar-refractivity contribution in [2.75, 3.05) is 5.32 Å². The van der Waals surface area contributed by atoms with Gasteiger partial charge in [-0.3, -0.25) is 4.79 Å². The molecular weight excluding hydrogens is 368 g/mol. The normalized spacial score (nSPS) is 11.4. The van der Waals surface area contributed by atoms with Gasteiger partial charge in [-0.25, -0.2) is 9.37 Å². The molecule has 1 aromatic heterocycles.